The summed E-state index contributed by atoms with van der Waals surface area (Å²) in [6.07, 6.45) is 0.571. The Morgan fingerprint density at radius 2 is 2.24 bits per heavy atom. The Bertz CT molecular complexity index is 377. The van der Waals surface area contributed by atoms with Crippen molar-refractivity contribution in [1.29, 1.82) is 0 Å². The molecule has 4 nitrogen and oxygen atoms in total. The second-order valence-electron chi connectivity index (χ2n) is 3.75. The topological polar surface area (TPSA) is 58.6 Å². The molecule has 1 aromatic rings. The molecular weight excluding hydrogens is 218 g/mol. The first kappa shape index (κ1) is 13.5. The molecule has 2 N–H and O–H groups in total. The molecule has 0 aromatic heterocycles. The molecule has 0 spiro atoms. The third-order valence-electron chi connectivity index (χ3n) is 2.36. The third kappa shape index (κ3) is 4.07. The van der Waals surface area contributed by atoms with Crippen LogP contribution in [0.1, 0.15) is 29.3 Å². The molecule has 0 bridgehead atoms. The molecule has 94 valence electrons. The van der Waals surface area contributed by atoms with Gasteiger partial charge in [0, 0.05) is 18.7 Å². The SMILES string of the molecule is CCOc1ccc(C(=O)NCCCO)cc1C. The van der Waals surface area contributed by atoms with Crippen molar-refractivity contribution in [3.63, 3.8) is 0 Å². The number of aliphatic hydroxyl groups is 1. The van der Waals surface area contributed by atoms with Crippen LogP contribution in [0.5, 0.6) is 5.75 Å². The quantitative estimate of drug-likeness (QED) is 0.737. The van der Waals surface area contributed by atoms with Crippen LogP contribution in [0.25, 0.3) is 0 Å². The van der Waals surface area contributed by atoms with Gasteiger partial charge in [0.05, 0.1) is 6.61 Å². The highest BCUT2D eigenvalue weighted by atomic mass is 16.5. The normalized spacial score (nSPS) is 10.1. The first-order valence-electron chi connectivity index (χ1n) is 5.81. The fourth-order valence-corrected chi connectivity index (χ4v) is 1.49. The van der Waals surface area contributed by atoms with E-state index in [2.05, 4.69) is 5.32 Å². The smallest absolute Gasteiger partial charge is 0.251 e. The van der Waals surface area contributed by atoms with E-state index in [1.165, 1.54) is 0 Å². The van der Waals surface area contributed by atoms with Gasteiger partial charge in [0.1, 0.15) is 5.75 Å². The molecule has 0 radical (unpaired) electrons. The summed E-state index contributed by atoms with van der Waals surface area (Å²) in [5, 5.41) is 11.4. The maximum Gasteiger partial charge on any atom is 0.251 e. The van der Waals surface area contributed by atoms with Gasteiger partial charge >= 0.3 is 0 Å². The minimum Gasteiger partial charge on any atom is -0.494 e. The van der Waals surface area contributed by atoms with Gasteiger partial charge in [0.2, 0.25) is 0 Å². The minimum absolute atomic E-state index is 0.0859. The molecule has 0 fully saturated rings. The number of carbonyl (C=O) groups excluding carboxylic acids is 1. The second-order valence-corrected chi connectivity index (χ2v) is 3.75. The zero-order valence-corrected chi connectivity index (χ0v) is 10.3. The van der Waals surface area contributed by atoms with Crippen molar-refractivity contribution < 1.29 is 14.6 Å². The molecule has 0 aliphatic carbocycles. The van der Waals surface area contributed by atoms with Gasteiger partial charge < -0.3 is 15.2 Å². The van der Waals surface area contributed by atoms with Gasteiger partial charge in [-0.15, -0.1) is 0 Å². The predicted octanol–water partition coefficient (Wildman–Crippen LogP) is 1.51. The Morgan fingerprint density at radius 1 is 1.47 bits per heavy atom. The average molecular weight is 237 g/mol. The van der Waals surface area contributed by atoms with E-state index in [0.717, 1.165) is 11.3 Å². The highest BCUT2D eigenvalue weighted by molar-refractivity contribution is 5.94. The summed E-state index contributed by atoms with van der Waals surface area (Å²) in [5.41, 5.74) is 1.56. The molecule has 0 atom stereocenters. The Kier molecular flexibility index (Phi) is 5.49. The molecule has 0 saturated heterocycles. The van der Waals surface area contributed by atoms with E-state index in [9.17, 15) is 4.79 Å². The zero-order valence-electron chi connectivity index (χ0n) is 10.3. The number of hydrogen-bond acceptors (Lipinski definition) is 3. The van der Waals surface area contributed by atoms with Gasteiger partial charge in [0.15, 0.2) is 0 Å². The number of nitrogens with one attached hydrogen (secondary N) is 1. The molecule has 1 rings (SSSR count). The Hall–Kier alpha value is -1.55. The molecule has 0 aliphatic heterocycles. The maximum absolute atomic E-state index is 11.7. The molecule has 4 heteroatoms. The van der Waals surface area contributed by atoms with Crippen molar-refractivity contribution >= 4 is 5.91 Å². The van der Waals surface area contributed by atoms with E-state index >= 15 is 0 Å². The Labute approximate surface area is 102 Å². The van der Waals surface area contributed by atoms with Gasteiger partial charge in [0.25, 0.3) is 5.91 Å². The third-order valence-corrected chi connectivity index (χ3v) is 2.36. The highest BCUT2D eigenvalue weighted by Gasteiger charge is 2.07. The van der Waals surface area contributed by atoms with Gasteiger partial charge in [-0.3, -0.25) is 4.79 Å². The fraction of sp³-hybridized carbons (Fsp3) is 0.462. The van der Waals surface area contributed by atoms with Crippen LogP contribution in [-0.2, 0) is 0 Å². The zero-order chi connectivity index (χ0) is 12.7. The summed E-state index contributed by atoms with van der Waals surface area (Å²) < 4.78 is 5.41. The van der Waals surface area contributed by atoms with Gasteiger partial charge in [-0.1, -0.05) is 0 Å². The number of rotatable bonds is 6. The predicted molar refractivity (Wildman–Crippen MR) is 66.4 cm³/mol. The molecular formula is C13H19NO3. The summed E-state index contributed by atoms with van der Waals surface area (Å²) in [4.78, 5) is 11.7. The Balaban J connectivity index is 2.65. The number of carbonyl (C=O) groups is 1. The first-order valence-corrected chi connectivity index (χ1v) is 5.81. The summed E-state index contributed by atoms with van der Waals surface area (Å²) in [7, 11) is 0. The lowest BCUT2D eigenvalue weighted by atomic mass is 10.1. The lowest BCUT2D eigenvalue weighted by Crippen LogP contribution is -2.25. The Morgan fingerprint density at radius 3 is 2.82 bits per heavy atom. The van der Waals surface area contributed by atoms with Gasteiger partial charge in [-0.2, -0.15) is 0 Å². The van der Waals surface area contributed by atoms with Crippen molar-refractivity contribution in [2.24, 2.45) is 0 Å². The molecule has 0 unspecified atom stereocenters. The summed E-state index contributed by atoms with van der Waals surface area (Å²) in [6.45, 7) is 5.03. The van der Waals surface area contributed by atoms with Crippen LogP contribution in [0.3, 0.4) is 0 Å². The summed E-state index contributed by atoms with van der Waals surface area (Å²) >= 11 is 0. The average Bonchev–Trinajstić information content (AvgIpc) is 2.32. The van der Waals surface area contributed by atoms with E-state index in [0.29, 0.717) is 25.1 Å². The lowest BCUT2D eigenvalue weighted by Gasteiger charge is -2.09. The van der Waals surface area contributed by atoms with E-state index in [1.54, 1.807) is 18.2 Å². The van der Waals surface area contributed by atoms with Crippen molar-refractivity contribution in [2.45, 2.75) is 20.3 Å². The fourth-order valence-electron chi connectivity index (χ4n) is 1.49. The maximum atomic E-state index is 11.7. The van der Waals surface area contributed by atoms with Crippen molar-refractivity contribution in [3.05, 3.63) is 29.3 Å². The van der Waals surface area contributed by atoms with Crippen molar-refractivity contribution in [2.75, 3.05) is 19.8 Å². The van der Waals surface area contributed by atoms with Gasteiger partial charge in [-0.05, 0) is 44.0 Å². The van der Waals surface area contributed by atoms with Crippen LogP contribution < -0.4 is 10.1 Å². The number of amides is 1. The molecule has 17 heavy (non-hydrogen) atoms. The van der Waals surface area contributed by atoms with Crippen LogP contribution in [0.15, 0.2) is 18.2 Å². The van der Waals surface area contributed by atoms with Gasteiger partial charge in [-0.25, -0.2) is 0 Å². The van der Waals surface area contributed by atoms with E-state index in [1.807, 2.05) is 13.8 Å². The van der Waals surface area contributed by atoms with Crippen LogP contribution in [0.2, 0.25) is 0 Å². The van der Waals surface area contributed by atoms with Crippen molar-refractivity contribution in [1.82, 2.24) is 5.32 Å². The number of benzene rings is 1. The van der Waals surface area contributed by atoms with E-state index < -0.39 is 0 Å². The van der Waals surface area contributed by atoms with E-state index in [4.69, 9.17) is 9.84 Å². The highest BCUT2D eigenvalue weighted by Crippen LogP contribution is 2.18. The lowest BCUT2D eigenvalue weighted by molar-refractivity contribution is 0.0951. The molecule has 0 aliphatic rings. The number of aliphatic hydroxyl groups excluding tert-OH is 1. The van der Waals surface area contributed by atoms with E-state index in [-0.39, 0.29) is 12.5 Å². The second kappa shape index (κ2) is 6.91. The molecule has 1 amide bonds. The summed E-state index contributed by atoms with van der Waals surface area (Å²) in [6, 6.07) is 5.35. The molecule has 0 heterocycles. The number of aryl methyl sites for hydroxylation is 1. The van der Waals surface area contributed by atoms with Crippen molar-refractivity contribution in [3.8, 4) is 5.75 Å². The van der Waals surface area contributed by atoms with Crippen LogP contribution >= 0.6 is 0 Å². The number of hydrogen-bond donors (Lipinski definition) is 2. The standard InChI is InChI=1S/C13H19NO3/c1-3-17-12-6-5-11(9-10(12)2)13(16)14-7-4-8-15/h5-6,9,15H,3-4,7-8H2,1-2H3,(H,14,16). The minimum atomic E-state index is -0.121. The largest absolute Gasteiger partial charge is 0.494 e. The molecule has 1 aromatic carbocycles. The first-order chi connectivity index (χ1) is 8.19. The monoisotopic (exact) mass is 237 g/mol. The van der Waals surface area contributed by atoms with Crippen LogP contribution in [0, 0.1) is 6.92 Å². The molecule has 0 saturated carbocycles. The van der Waals surface area contributed by atoms with Crippen LogP contribution in [0.4, 0.5) is 0 Å². The summed E-state index contributed by atoms with van der Waals surface area (Å²) in [5.74, 6) is 0.684. The number of ether oxygens (including phenoxy) is 1. The van der Waals surface area contributed by atoms with Crippen LogP contribution in [-0.4, -0.2) is 30.8 Å².